The Morgan fingerprint density at radius 3 is 2.80 bits per heavy atom. The van der Waals surface area contributed by atoms with Crippen molar-refractivity contribution >= 4 is 23.5 Å². The maximum Gasteiger partial charge on any atom is 0.263 e. The fourth-order valence-corrected chi connectivity index (χ4v) is 1.65. The highest BCUT2D eigenvalue weighted by atomic mass is 35.5. The molecule has 20 heavy (non-hydrogen) atoms. The van der Waals surface area contributed by atoms with Crippen LogP contribution in [0.4, 0.5) is 5.95 Å². The molecule has 8 heteroatoms. The van der Waals surface area contributed by atoms with Gasteiger partial charge in [0.25, 0.3) is 5.91 Å². The summed E-state index contributed by atoms with van der Waals surface area (Å²) in [5.41, 5.74) is 0.220. The molecule has 7 nitrogen and oxygen atoms in total. The number of hydrogen-bond acceptors (Lipinski definition) is 5. The lowest BCUT2D eigenvalue weighted by Gasteiger charge is -2.05. The maximum absolute atomic E-state index is 12.0. The van der Waals surface area contributed by atoms with E-state index >= 15 is 0 Å². The largest absolute Gasteiger partial charge is 0.481 e. The van der Waals surface area contributed by atoms with Crippen LogP contribution >= 0.6 is 11.6 Å². The molecule has 2 heterocycles. The number of aryl methyl sites for hydroxylation is 1. The first-order chi connectivity index (χ1) is 9.49. The van der Waals surface area contributed by atoms with Gasteiger partial charge < -0.3 is 9.72 Å². The summed E-state index contributed by atoms with van der Waals surface area (Å²) in [7, 11) is 1.41. The number of nitrogens with zero attached hydrogens (tertiary/aromatic N) is 2. The van der Waals surface area contributed by atoms with Gasteiger partial charge in [-0.1, -0.05) is 11.6 Å². The van der Waals surface area contributed by atoms with Crippen molar-refractivity contribution < 1.29 is 9.53 Å². The molecule has 104 valence electrons. The Balaban J connectivity index is 2.27. The number of carbonyl (C=O) groups excluding carboxylic acids is 1. The fourth-order valence-electron chi connectivity index (χ4n) is 1.48. The van der Waals surface area contributed by atoms with Crippen molar-refractivity contribution in [3.8, 4) is 5.88 Å². The van der Waals surface area contributed by atoms with Crippen LogP contribution in [0.5, 0.6) is 5.88 Å². The lowest BCUT2D eigenvalue weighted by atomic mass is 10.2. The van der Waals surface area contributed by atoms with Crippen LogP contribution in [0.3, 0.4) is 0 Å². The van der Waals surface area contributed by atoms with Crippen molar-refractivity contribution in [2.45, 2.75) is 6.92 Å². The molecule has 0 atom stereocenters. The molecular formula is C12H11ClN4O3. The number of halogens is 1. The molecule has 0 radical (unpaired) electrons. The smallest absolute Gasteiger partial charge is 0.263 e. The molecule has 2 rings (SSSR count). The van der Waals surface area contributed by atoms with Gasteiger partial charge in [0.2, 0.25) is 11.8 Å². The summed E-state index contributed by atoms with van der Waals surface area (Å²) < 4.78 is 4.91. The van der Waals surface area contributed by atoms with Crippen LogP contribution < -0.4 is 15.5 Å². The molecule has 0 aliphatic carbocycles. The second-order valence-corrected chi connectivity index (χ2v) is 4.29. The molecule has 2 N–H and O–H groups in total. The minimum atomic E-state index is -0.629. The molecule has 1 amide bonds. The van der Waals surface area contributed by atoms with Gasteiger partial charge in [0.15, 0.2) is 5.43 Å². The van der Waals surface area contributed by atoms with Crippen molar-refractivity contribution in [1.29, 1.82) is 0 Å². The lowest BCUT2D eigenvalue weighted by Crippen LogP contribution is -2.22. The molecule has 0 aliphatic heterocycles. The third-order valence-corrected chi connectivity index (χ3v) is 2.60. The number of carbonyl (C=O) groups is 1. The summed E-state index contributed by atoms with van der Waals surface area (Å²) in [6.45, 7) is 1.72. The molecule has 0 unspecified atom stereocenters. The van der Waals surface area contributed by atoms with Crippen LogP contribution in [0.1, 0.15) is 16.1 Å². The van der Waals surface area contributed by atoms with Crippen molar-refractivity contribution in [1.82, 2.24) is 15.0 Å². The van der Waals surface area contributed by atoms with Gasteiger partial charge in [-0.2, -0.15) is 4.98 Å². The number of anilines is 1. The highest BCUT2D eigenvalue weighted by Crippen LogP contribution is 2.15. The summed E-state index contributed by atoms with van der Waals surface area (Å²) in [6, 6.07) is 2.73. The predicted molar refractivity (Wildman–Crippen MR) is 73.3 cm³/mol. The van der Waals surface area contributed by atoms with Gasteiger partial charge in [0.1, 0.15) is 10.7 Å². The Hall–Kier alpha value is -2.41. The quantitative estimate of drug-likeness (QED) is 0.834. The third kappa shape index (κ3) is 3.12. The zero-order valence-electron chi connectivity index (χ0n) is 10.7. The minimum absolute atomic E-state index is 0.0423. The van der Waals surface area contributed by atoms with Crippen LogP contribution in [-0.4, -0.2) is 28.0 Å². The van der Waals surface area contributed by atoms with E-state index in [1.807, 2.05) is 0 Å². The van der Waals surface area contributed by atoms with Crippen LogP contribution in [0.25, 0.3) is 0 Å². The molecule has 0 bridgehead atoms. The molecule has 0 fully saturated rings. The maximum atomic E-state index is 12.0. The molecule has 2 aromatic heterocycles. The SMILES string of the molecule is COc1cc(Cl)nc(NC(=O)c2c[nH]c(C)cc2=O)n1. The first-order valence-corrected chi connectivity index (χ1v) is 5.96. The number of pyridine rings is 1. The van der Waals surface area contributed by atoms with Crippen molar-refractivity contribution in [3.05, 3.63) is 45.0 Å². The number of H-pyrrole nitrogens is 1. The molecule has 0 spiro atoms. The lowest BCUT2D eigenvalue weighted by molar-refractivity contribution is 0.102. The standard InChI is InChI=1S/C12H11ClN4O3/c1-6-3-8(18)7(5-14-6)11(19)17-12-15-9(13)4-10(16-12)20-2/h3-5H,1-2H3,(H,14,18)(H,15,16,17,19). The van der Waals surface area contributed by atoms with Gasteiger partial charge in [0, 0.05) is 24.0 Å². The summed E-state index contributed by atoms with van der Waals surface area (Å²) in [5.74, 6) is -0.465. The molecule has 0 saturated heterocycles. The molecule has 0 saturated carbocycles. The second-order valence-electron chi connectivity index (χ2n) is 3.90. The van der Waals surface area contributed by atoms with E-state index in [-0.39, 0.29) is 22.5 Å². The van der Waals surface area contributed by atoms with Gasteiger partial charge in [-0.15, -0.1) is 0 Å². The van der Waals surface area contributed by atoms with Crippen LogP contribution in [0, 0.1) is 6.92 Å². The highest BCUT2D eigenvalue weighted by molar-refractivity contribution is 6.29. The van der Waals surface area contributed by atoms with Crippen LogP contribution in [0.15, 0.2) is 23.1 Å². The zero-order valence-corrected chi connectivity index (χ0v) is 11.5. The molecule has 0 aliphatic rings. The van der Waals surface area contributed by atoms with E-state index in [4.69, 9.17) is 16.3 Å². The number of aromatic nitrogens is 3. The molecule has 0 aromatic carbocycles. The number of amides is 1. The van der Waals surface area contributed by atoms with Crippen molar-refractivity contribution in [3.63, 3.8) is 0 Å². The van der Waals surface area contributed by atoms with Gasteiger partial charge in [-0.25, -0.2) is 4.98 Å². The number of rotatable bonds is 3. The topological polar surface area (TPSA) is 97.0 Å². The Labute approximate surface area is 119 Å². The number of methoxy groups -OCH3 is 1. The monoisotopic (exact) mass is 294 g/mol. The van der Waals surface area contributed by atoms with E-state index in [1.54, 1.807) is 6.92 Å². The van der Waals surface area contributed by atoms with Crippen LogP contribution in [-0.2, 0) is 0 Å². The third-order valence-electron chi connectivity index (χ3n) is 2.41. The van der Waals surface area contributed by atoms with E-state index in [0.717, 1.165) is 0 Å². The highest BCUT2D eigenvalue weighted by Gasteiger charge is 2.13. The fraction of sp³-hybridized carbons (Fsp3) is 0.167. The average molecular weight is 295 g/mol. The summed E-state index contributed by atoms with van der Waals surface area (Å²) in [6.07, 6.45) is 1.33. The first-order valence-electron chi connectivity index (χ1n) is 5.59. The van der Waals surface area contributed by atoms with E-state index < -0.39 is 11.3 Å². The second kappa shape index (κ2) is 5.70. The Bertz CT molecular complexity index is 714. The molecule has 2 aromatic rings. The van der Waals surface area contributed by atoms with Gasteiger partial charge in [-0.05, 0) is 6.92 Å². The van der Waals surface area contributed by atoms with E-state index in [1.165, 1.54) is 25.4 Å². The predicted octanol–water partition coefficient (Wildman–Crippen LogP) is 1.39. The molecular weight excluding hydrogens is 284 g/mol. The summed E-state index contributed by atoms with van der Waals surface area (Å²) in [4.78, 5) is 34.2. The van der Waals surface area contributed by atoms with E-state index in [2.05, 4.69) is 20.3 Å². The first kappa shape index (κ1) is 14.0. The van der Waals surface area contributed by atoms with Gasteiger partial charge >= 0.3 is 0 Å². The number of hydrogen-bond donors (Lipinski definition) is 2. The zero-order chi connectivity index (χ0) is 14.7. The minimum Gasteiger partial charge on any atom is -0.481 e. The average Bonchev–Trinajstić information content (AvgIpc) is 2.37. The van der Waals surface area contributed by atoms with Gasteiger partial charge in [0.05, 0.1) is 7.11 Å². The summed E-state index contributed by atoms with van der Waals surface area (Å²) in [5, 5.41) is 2.50. The Morgan fingerprint density at radius 1 is 1.40 bits per heavy atom. The van der Waals surface area contributed by atoms with Crippen molar-refractivity contribution in [2.24, 2.45) is 0 Å². The number of aromatic amines is 1. The van der Waals surface area contributed by atoms with Crippen molar-refractivity contribution in [2.75, 3.05) is 12.4 Å². The Kier molecular flexibility index (Phi) is 3.99. The van der Waals surface area contributed by atoms with Crippen LogP contribution in [0.2, 0.25) is 5.15 Å². The van der Waals surface area contributed by atoms with E-state index in [0.29, 0.717) is 5.69 Å². The Morgan fingerprint density at radius 2 is 2.15 bits per heavy atom. The number of ether oxygens (including phenoxy) is 1. The summed E-state index contributed by atoms with van der Waals surface area (Å²) >= 11 is 5.76. The van der Waals surface area contributed by atoms with Gasteiger partial charge in [-0.3, -0.25) is 14.9 Å². The number of nitrogens with one attached hydrogen (secondary N) is 2. The van der Waals surface area contributed by atoms with E-state index in [9.17, 15) is 9.59 Å². The normalized spacial score (nSPS) is 10.2.